The van der Waals surface area contributed by atoms with Gasteiger partial charge in [-0.25, -0.2) is 9.59 Å². The normalized spacial score (nSPS) is 16.5. The molecule has 0 aliphatic carbocycles. The number of hydrogen-bond acceptors (Lipinski definition) is 8. The average Bonchev–Trinajstić information content (AvgIpc) is 2.71. The van der Waals surface area contributed by atoms with E-state index in [-0.39, 0.29) is 47.0 Å². The van der Waals surface area contributed by atoms with Gasteiger partial charge in [-0.1, -0.05) is 12.1 Å². The van der Waals surface area contributed by atoms with Crippen molar-refractivity contribution >= 4 is 17.6 Å². The number of carbonyl (C=O) groups excluding carboxylic acids is 2. The SMILES string of the molecule is COCCOC(=O)C1=C(C)NC(C)=C(C(=O)OCC(F)(F)F)C1c1cccc([N+](=O)[O-])c1. The minimum absolute atomic E-state index is 0.0856. The Balaban J connectivity index is 2.57. The number of allylic oxidation sites excluding steroid dienone is 2. The summed E-state index contributed by atoms with van der Waals surface area (Å²) < 4.78 is 52.2. The fourth-order valence-corrected chi connectivity index (χ4v) is 3.21. The Kier molecular flexibility index (Phi) is 7.97. The van der Waals surface area contributed by atoms with Gasteiger partial charge in [0.15, 0.2) is 6.61 Å². The van der Waals surface area contributed by atoms with E-state index in [1.807, 2.05) is 0 Å². The third kappa shape index (κ3) is 6.06. The van der Waals surface area contributed by atoms with E-state index in [0.29, 0.717) is 0 Å². The fraction of sp³-hybridized carbons (Fsp3) is 0.400. The number of hydrogen-bond donors (Lipinski definition) is 1. The lowest BCUT2D eigenvalue weighted by atomic mass is 9.80. The second-order valence-corrected chi connectivity index (χ2v) is 6.81. The molecule has 0 spiro atoms. The summed E-state index contributed by atoms with van der Waals surface area (Å²) in [7, 11) is 1.40. The topological polar surface area (TPSA) is 117 Å². The van der Waals surface area contributed by atoms with Crippen molar-refractivity contribution in [2.45, 2.75) is 25.9 Å². The molecule has 32 heavy (non-hydrogen) atoms. The number of nitrogens with zero attached hydrogens (tertiary/aromatic N) is 1. The van der Waals surface area contributed by atoms with E-state index in [1.54, 1.807) is 0 Å². The molecule has 1 aromatic rings. The largest absolute Gasteiger partial charge is 0.460 e. The Morgan fingerprint density at radius 1 is 1.09 bits per heavy atom. The number of nitro benzene ring substituents is 1. The van der Waals surface area contributed by atoms with E-state index in [2.05, 4.69) is 10.1 Å². The zero-order valence-electron chi connectivity index (χ0n) is 17.4. The Labute approximate surface area is 181 Å². The maximum Gasteiger partial charge on any atom is 0.422 e. The molecule has 1 aliphatic heterocycles. The second kappa shape index (κ2) is 10.3. The Bertz CT molecular complexity index is 970. The number of ether oxygens (including phenoxy) is 3. The van der Waals surface area contributed by atoms with E-state index < -0.39 is 35.6 Å². The highest BCUT2D eigenvalue weighted by atomic mass is 19.4. The zero-order valence-corrected chi connectivity index (χ0v) is 17.4. The lowest BCUT2D eigenvalue weighted by Gasteiger charge is -2.30. The number of nitro groups is 1. The van der Waals surface area contributed by atoms with Crippen LogP contribution >= 0.6 is 0 Å². The van der Waals surface area contributed by atoms with Gasteiger partial charge in [0, 0.05) is 30.6 Å². The first-order valence-corrected chi connectivity index (χ1v) is 9.29. The molecule has 1 aromatic carbocycles. The van der Waals surface area contributed by atoms with Crippen molar-refractivity contribution in [3.05, 3.63) is 62.5 Å². The predicted octanol–water partition coefficient (Wildman–Crippen LogP) is 3.12. The van der Waals surface area contributed by atoms with Gasteiger partial charge in [-0.3, -0.25) is 10.1 Å². The Morgan fingerprint density at radius 3 is 2.22 bits per heavy atom. The summed E-state index contributed by atoms with van der Waals surface area (Å²) in [4.78, 5) is 36.0. The molecule has 0 amide bonds. The van der Waals surface area contributed by atoms with Gasteiger partial charge in [0.1, 0.15) is 6.61 Å². The molecule has 174 valence electrons. The van der Waals surface area contributed by atoms with Crippen molar-refractivity contribution in [1.29, 1.82) is 0 Å². The lowest BCUT2D eigenvalue weighted by molar-refractivity contribution is -0.384. The van der Waals surface area contributed by atoms with Crippen molar-refractivity contribution in [3.63, 3.8) is 0 Å². The summed E-state index contributed by atoms with van der Waals surface area (Å²) in [6, 6.07) is 5.10. The first-order chi connectivity index (χ1) is 15.0. The molecular formula is C20H21F3N2O7. The van der Waals surface area contributed by atoms with Crippen LogP contribution in [0.5, 0.6) is 0 Å². The number of carbonyl (C=O) groups is 2. The number of benzene rings is 1. The second-order valence-electron chi connectivity index (χ2n) is 6.81. The predicted molar refractivity (Wildman–Crippen MR) is 104 cm³/mol. The van der Waals surface area contributed by atoms with Crippen molar-refractivity contribution < 1.29 is 41.9 Å². The number of methoxy groups -OCH3 is 1. The molecule has 1 heterocycles. The van der Waals surface area contributed by atoms with Gasteiger partial charge in [-0.2, -0.15) is 13.2 Å². The van der Waals surface area contributed by atoms with Crippen LogP contribution in [0.15, 0.2) is 46.8 Å². The van der Waals surface area contributed by atoms with Crippen molar-refractivity contribution in [2.75, 3.05) is 26.9 Å². The maximum absolute atomic E-state index is 12.8. The summed E-state index contributed by atoms with van der Waals surface area (Å²) >= 11 is 0. The van der Waals surface area contributed by atoms with Crippen LogP contribution in [0.1, 0.15) is 25.3 Å². The molecule has 9 nitrogen and oxygen atoms in total. The van der Waals surface area contributed by atoms with Crippen LogP contribution in [0.4, 0.5) is 18.9 Å². The molecule has 0 aromatic heterocycles. The highest BCUT2D eigenvalue weighted by Crippen LogP contribution is 2.40. The summed E-state index contributed by atoms with van der Waals surface area (Å²) in [6.45, 7) is 1.07. The van der Waals surface area contributed by atoms with Gasteiger partial charge in [0.2, 0.25) is 0 Å². The number of alkyl halides is 3. The molecule has 1 aliphatic rings. The zero-order chi connectivity index (χ0) is 24.1. The monoisotopic (exact) mass is 458 g/mol. The third-order valence-electron chi connectivity index (χ3n) is 4.50. The van der Waals surface area contributed by atoms with Gasteiger partial charge < -0.3 is 19.5 Å². The highest BCUT2D eigenvalue weighted by Gasteiger charge is 2.40. The van der Waals surface area contributed by atoms with Crippen molar-refractivity contribution in [1.82, 2.24) is 5.32 Å². The maximum atomic E-state index is 12.8. The number of nitrogens with one attached hydrogen (secondary N) is 1. The third-order valence-corrected chi connectivity index (χ3v) is 4.50. The van der Waals surface area contributed by atoms with Crippen LogP contribution in [0.3, 0.4) is 0 Å². The van der Waals surface area contributed by atoms with Gasteiger partial charge in [-0.05, 0) is 19.4 Å². The molecule has 1 atom stereocenters. The highest BCUT2D eigenvalue weighted by molar-refractivity contribution is 6.00. The van der Waals surface area contributed by atoms with Crippen molar-refractivity contribution in [3.8, 4) is 0 Å². The molecule has 2 rings (SSSR count). The fourth-order valence-electron chi connectivity index (χ4n) is 3.21. The molecular weight excluding hydrogens is 437 g/mol. The van der Waals surface area contributed by atoms with E-state index in [4.69, 9.17) is 9.47 Å². The summed E-state index contributed by atoms with van der Waals surface area (Å²) in [5.41, 5.74) is -0.165. The first kappa shape index (κ1) is 24.9. The average molecular weight is 458 g/mol. The molecule has 0 saturated carbocycles. The Morgan fingerprint density at radius 2 is 1.69 bits per heavy atom. The van der Waals surface area contributed by atoms with Crippen molar-refractivity contribution in [2.24, 2.45) is 0 Å². The lowest BCUT2D eigenvalue weighted by Crippen LogP contribution is -2.33. The van der Waals surface area contributed by atoms with E-state index >= 15 is 0 Å². The van der Waals surface area contributed by atoms with Crippen LogP contribution < -0.4 is 5.32 Å². The quantitative estimate of drug-likeness (QED) is 0.273. The number of non-ortho nitro benzene ring substituents is 1. The number of rotatable bonds is 8. The number of esters is 2. The number of halogens is 3. The summed E-state index contributed by atoms with van der Waals surface area (Å²) in [5, 5.41) is 14.0. The molecule has 12 heteroatoms. The Hall–Kier alpha value is -3.41. The number of dihydropyridines is 1. The van der Waals surface area contributed by atoms with E-state index in [0.717, 1.165) is 6.07 Å². The van der Waals surface area contributed by atoms with Crippen LogP contribution in [0.25, 0.3) is 0 Å². The van der Waals surface area contributed by atoms with Gasteiger partial charge in [0.25, 0.3) is 5.69 Å². The van der Waals surface area contributed by atoms with Gasteiger partial charge in [0.05, 0.1) is 28.6 Å². The molecule has 1 unspecified atom stereocenters. The summed E-state index contributed by atoms with van der Waals surface area (Å²) in [6.07, 6.45) is -4.76. The standard InChI is InChI=1S/C20H21F3N2O7/c1-11-15(18(26)31-8-7-30-3)17(13-5-4-6-14(9-13)25(28)29)16(12(2)24-11)19(27)32-10-20(21,22)23/h4-6,9,17,24H,7-8,10H2,1-3H3. The van der Waals surface area contributed by atoms with Gasteiger partial charge >= 0.3 is 18.1 Å². The minimum atomic E-state index is -4.76. The van der Waals surface area contributed by atoms with Gasteiger partial charge in [-0.15, -0.1) is 0 Å². The van der Waals surface area contributed by atoms with Crippen LogP contribution in [-0.2, 0) is 23.8 Å². The smallest absolute Gasteiger partial charge is 0.422 e. The summed E-state index contributed by atoms with van der Waals surface area (Å²) in [5.74, 6) is -3.44. The molecule has 0 radical (unpaired) electrons. The van der Waals surface area contributed by atoms with E-state index in [9.17, 15) is 32.9 Å². The first-order valence-electron chi connectivity index (χ1n) is 9.29. The molecule has 0 fully saturated rings. The molecule has 1 N–H and O–H groups in total. The minimum Gasteiger partial charge on any atom is -0.460 e. The van der Waals surface area contributed by atoms with Crippen LogP contribution in [-0.4, -0.2) is 50.0 Å². The van der Waals surface area contributed by atoms with E-state index in [1.165, 1.54) is 39.2 Å². The van der Waals surface area contributed by atoms with Crippen LogP contribution in [0, 0.1) is 10.1 Å². The van der Waals surface area contributed by atoms with Crippen LogP contribution in [0.2, 0.25) is 0 Å². The molecule has 0 bridgehead atoms. The molecule has 0 saturated heterocycles.